The highest BCUT2D eigenvalue weighted by Gasteiger charge is 2.34. The zero-order valence-electron chi connectivity index (χ0n) is 19.6. The van der Waals surface area contributed by atoms with Crippen LogP contribution in [0.3, 0.4) is 0 Å². The van der Waals surface area contributed by atoms with Crippen molar-refractivity contribution in [2.45, 2.75) is 51.2 Å². The van der Waals surface area contributed by atoms with Crippen LogP contribution in [0.4, 0.5) is 4.79 Å². The quantitative estimate of drug-likeness (QED) is 0.213. The van der Waals surface area contributed by atoms with Crippen LogP contribution in [0.25, 0.3) is 28.1 Å². The Labute approximate surface area is 222 Å². The molecule has 3 aromatic heterocycles. The molecule has 3 heterocycles. The highest BCUT2D eigenvalue weighted by Crippen LogP contribution is 2.39. The SMILES string of the molecule is CC(C)(C)OC(=O)NC1CCC1c1ccc(-n2c(-c3ccccn3)c(I)c3cnc(Cl)nc32)cc1. The largest absolute Gasteiger partial charge is 0.444 e. The molecule has 180 valence electrons. The topological polar surface area (TPSA) is 81.9 Å². The first-order valence-electron chi connectivity index (χ1n) is 11.4. The van der Waals surface area contributed by atoms with Crippen molar-refractivity contribution >= 4 is 51.3 Å². The molecule has 7 nitrogen and oxygen atoms in total. The van der Waals surface area contributed by atoms with Crippen molar-refractivity contribution in [3.8, 4) is 17.1 Å². The molecule has 1 aromatic carbocycles. The monoisotopic (exact) mass is 601 g/mol. The van der Waals surface area contributed by atoms with Gasteiger partial charge in [-0.2, -0.15) is 4.98 Å². The summed E-state index contributed by atoms with van der Waals surface area (Å²) in [5.74, 6) is 0.255. The zero-order chi connectivity index (χ0) is 24.7. The fourth-order valence-corrected chi connectivity index (χ4v) is 5.42. The number of carbonyl (C=O) groups is 1. The van der Waals surface area contributed by atoms with Crippen LogP contribution in [0, 0.1) is 3.57 Å². The summed E-state index contributed by atoms with van der Waals surface area (Å²) in [7, 11) is 0. The zero-order valence-corrected chi connectivity index (χ0v) is 22.5. The van der Waals surface area contributed by atoms with E-state index in [1.807, 2.05) is 39.0 Å². The summed E-state index contributed by atoms with van der Waals surface area (Å²) in [6, 6.07) is 14.3. The standard InChI is InChI=1S/C26H25ClIN5O2/c1-26(2,3)35-25(34)31-19-12-11-17(19)15-7-9-16(10-8-15)33-22(20-6-4-5-13-29-20)21(28)18-14-30-24(27)32-23(18)33/h4-10,13-14,17,19H,11-12H2,1-3H3,(H,31,34). The molecule has 9 heteroatoms. The molecule has 1 amide bonds. The number of ether oxygens (including phenoxy) is 1. The maximum absolute atomic E-state index is 12.2. The van der Waals surface area contributed by atoms with Crippen molar-refractivity contribution < 1.29 is 9.53 Å². The fourth-order valence-electron chi connectivity index (χ4n) is 4.39. The van der Waals surface area contributed by atoms with Gasteiger partial charge >= 0.3 is 6.09 Å². The number of alkyl carbamates (subject to hydrolysis) is 1. The van der Waals surface area contributed by atoms with Gasteiger partial charge in [-0.1, -0.05) is 18.2 Å². The normalized spacial score (nSPS) is 17.7. The van der Waals surface area contributed by atoms with Gasteiger partial charge in [-0.15, -0.1) is 0 Å². The second kappa shape index (κ2) is 9.39. The number of rotatable bonds is 4. The Morgan fingerprint density at radius 1 is 1.14 bits per heavy atom. The lowest BCUT2D eigenvalue weighted by Gasteiger charge is -2.38. The number of amides is 1. The van der Waals surface area contributed by atoms with Crippen molar-refractivity contribution in [3.05, 3.63) is 69.3 Å². The highest BCUT2D eigenvalue weighted by molar-refractivity contribution is 14.1. The summed E-state index contributed by atoms with van der Waals surface area (Å²) in [4.78, 5) is 25.6. The van der Waals surface area contributed by atoms with E-state index in [4.69, 9.17) is 16.3 Å². The number of hydrogen-bond donors (Lipinski definition) is 1. The van der Waals surface area contributed by atoms with E-state index in [0.717, 1.165) is 44.5 Å². The molecule has 4 aromatic rings. The van der Waals surface area contributed by atoms with Crippen LogP contribution in [0.5, 0.6) is 0 Å². The molecule has 2 unspecified atom stereocenters. The predicted molar refractivity (Wildman–Crippen MR) is 145 cm³/mol. The Hall–Kier alpha value is -2.72. The number of carbonyl (C=O) groups excluding carboxylic acids is 1. The van der Waals surface area contributed by atoms with Crippen molar-refractivity contribution in [1.82, 2.24) is 24.8 Å². The number of aromatic nitrogens is 4. The summed E-state index contributed by atoms with van der Waals surface area (Å²) in [6.07, 6.45) is 5.13. The van der Waals surface area contributed by atoms with Crippen molar-refractivity contribution in [1.29, 1.82) is 0 Å². The van der Waals surface area contributed by atoms with Crippen LogP contribution in [-0.4, -0.2) is 37.3 Å². The van der Waals surface area contributed by atoms with E-state index in [9.17, 15) is 4.79 Å². The Morgan fingerprint density at radius 2 is 1.91 bits per heavy atom. The number of pyridine rings is 1. The molecule has 0 spiro atoms. The van der Waals surface area contributed by atoms with Gasteiger partial charge in [0.25, 0.3) is 0 Å². The molecule has 1 fully saturated rings. The summed E-state index contributed by atoms with van der Waals surface area (Å²) < 4.78 is 8.52. The molecule has 1 aliphatic carbocycles. The molecule has 0 aliphatic heterocycles. The van der Waals surface area contributed by atoms with Crippen LogP contribution in [-0.2, 0) is 4.74 Å². The average molecular weight is 602 g/mol. The van der Waals surface area contributed by atoms with Crippen molar-refractivity contribution in [2.24, 2.45) is 0 Å². The van der Waals surface area contributed by atoms with Gasteiger partial charge in [0.15, 0.2) is 5.65 Å². The van der Waals surface area contributed by atoms with E-state index in [-0.39, 0.29) is 23.3 Å². The first-order chi connectivity index (χ1) is 16.7. The lowest BCUT2D eigenvalue weighted by Crippen LogP contribution is -2.47. The molecule has 0 bridgehead atoms. The Morgan fingerprint density at radius 3 is 2.54 bits per heavy atom. The Kier molecular flexibility index (Phi) is 6.43. The van der Waals surface area contributed by atoms with Gasteiger partial charge in [0, 0.05) is 30.0 Å². The first-order valence-corrected chi connectivity index (χ1v) is 12.9. The maximum Gasteiger partial charge on any atom is 0.407 e. The van der Waals surface area contributed by atoms with Gasteiger partial charge in [0.05, 0.1) is 20.3 Å². The fraction of sp³-hybridized carbons (Fsp3) is 0.308. The molecule has 0 radical (unpaired) electrons. The smallest absolute Gasteiger partial charge is 0.407 e. The van der Waals surface area contributed by atoms with E-state index in [2.05, 4.69) is 71.7 Å². The molecule has 35 heavy (non-hydrogen) atoms. The van der Waals surface area contributed by atoms with Gasteiger partial charge in [-0.05, 0) is 97.6 Å². The number of hydrogen-bond acceptors (Lipinski definition) is 5. The minimum atomic E-state index is -0.514. The van der Waals surface area contributed by atoms with Crippen molar-refractivity contribution in [2.75, 3.05) is 0 Å². The number of fused-ring (bicyclic) bond motifs is 1. The number of nitrogens with one attached hydrogen (secondary N) is 1. The van der Waals surface area contributed by atoms with E-state index in [1.165, 1.54) is 5.56 Å². The third-order valence-electron chi connectivity index (χ3n) is 6.08. The minimum absolute atomic E-state index is 0.0692. The van der Waals surface area contributed by atoms with Crippen LogP contribution in [0.1, 0.15) is 45.1 Å². The van der Waals surface area contributed by atoms with Crippen LogP contribution in [0.2, 0.25) is 5.28 Å². The predicted octanol–water partition coefficient (Wildman–Crippen LogP) is 6.51. The van der Waals surface area contributed by atoms with Crippen LogP contribution < -0.4 is 5.32 Å². The van der Waals surface area contributed by atoms with Crippen LogP contribution >= 0.6 is 34.2 Å². The van der Waals surface area contributed by atoms with E-state index < -0.39 is 5.60 Å². The molecule has 0 saturated heterocycles. The lowest BCUT2D eigenvalue weighted by atomic mass is 9.75. The van der Waals surface area contributed by atoms with E-state index in [0.29, 0.717) is 0 Å². The van der Waals surface area contributed by atoms with Gasteiger partial charge in [-0.25, -0.2) is 9.78 Å². The first kappa shape index (κ1) is 24.0. The average Bonchev–Trinajstić information content (AvgIpc) is 3.08. The van der Waals surface area contributed by atoms with Gasteiger partial charge < -0.3 is 10.1 Å². The Balaban J connectivity index is 1.48. The summed E-state index contributed by atoms with van der Waals surface area (Å²) in [5, 5.41) is 4.14. The van der Waals surface area contributed by atoms with Gasteiger partial charge in [0.2, 0.25) is 5.28 Å². The molecular formula is C26H25ClIN5O2. The van der Waals surface area contributed by atoms with E-state index >= 15 is 0 Å². The molecule has 2 atom stereocenters. The number of halogens is 2. The molecular weight excluding hydrogens is 577 g/mol. The second-order valence-corrected chi connectivity index (χ2v) is 11.0. The maximum atomic E-state index is 12.2. The third kappa shape index (κ3) is 4.86. The summed E-state index contributed by atoms with van der Waals surface area (Å²) in [5.41, 5.74) is 4.14. The molecule has 5 rings (SSSR count). The summed E-state index contributed by atoms with van der Waals surface area (Å²) in [6.45, 7) is 5.60. The second-order valence-electron chi connectivity index (χ2n) is 9.62. The minimum Gasteiger partial charge on any atom is -0.444 e. The van der Waals surface area contributed by atoms with E-state index in [1.54, 1.807) is 12.4 Å². The van der Waals surface area contributed by atoms with Crippen LogP contribution in [0.15, 0.2) is 54.9 Å². The van der Waals surface area contributed by atoms with Crippen molar-refractivity contribution in [3.63, 3.8) is 0 Å². The highest BCUT2D eigenvalue weighted by atomic mass is 127. The van der Waals surface area contributed by atoms with Gasteiger partial charge in [-0.3, -0.25) is 9.55 Å². The molecule has 1 aliphatic rings. The third-order valence-corrected chi connectivity index (χ3v) is 7.36. The summed E-state index contributed by atoms with van der Waals surface area (Å²) >= 11 is 8.50. The molecule has 1 N–H and O–H groups in total. The van der Waals surface area contributed by atoms with Gasteiger partial charge in [0.1, 0.15) is 5.60 Å². The number of benzene rings is 1. The molecule has 1 saturated carbocycles. The number of nitrogens with zero attached hydrogens (tertiary/aromatic N) is 4. The lowest BCUT2D eigenvalue weighted by molar-refractivity contribution is 0.0466. The Bertz CT molecular complexity index is 1380.